The van der Waals surface area contributed by atoms with Gasteiger partial charge in [0.05, 0.1) is 10.5 Å². The molecule has 0 unspecified atom stereocenters. The number of hydrogen-bond acceptors (Lipinski definition) is 4. The predicted octanol–water partition coefficient (Wildman–Crippen LogP) is 3.65. The molecule has 0 atom stereocenters. The summed E-state index contributed by atoms with van der Waals surface area (Å²) >= 11 is 0. The van der Waals surface area contributed by atoms with E-state index in [4.69, 9.17) is 5.11 Å². The second-order valence-electron chi connectivity index (χ2n) is 4.77. The number of aryl methyl sites for hydroxylation is 2. The summed E-state index contributed by atoms with van der Waals surface area (Å²) in [5.41, 5.74) is 2.90. The van der Waals surface area contributed by atoms with Gasteiger partial charge in [0.15, 0.2) is 0 Å². The third-order valence-electron chi connectivity index (χ3n) is 3.02. The third-order valence-corrected chi connectivity index (χ3v) is 3.02. The highest BCUT2D eigenvalue weighted by atomic mass is 16.6. The predicted molar refractivity (Wildman–Crippen MR) is 79.3 cm³/mol. The van der Waals surface area contributed by atoms with Gasteiger partial charge in [0.1, 0.15) is 0 Å². The number of nitrogens with zero attached hydrogens (tertiary/aromatic N) is 1. The first-order valence-electron chi connectivity index (χ1n) is 6.24. The minimum absolute atomic E-state index is 0.0105. The van der Waals surface area contributed by atoms with Gasteiger partial charge < -0.3 is 10.4 Å². The molecule has 2 aromatic carbocycles. The molecule has 0 amide bonds. The molecule has 0 aliphatic rings. The summed E-state index contributed by atoms with van der Waals surface area (Å²) < 4.78 is 0. The maximum absolute atomic E-state index is 11.0. The van der Waals surface area contributed by atoms with E-state index in [-0.39, 0.29) is 11.3 Å². The van der Waals surface area contributed by atoms with Crippen LogP contribution < -0.4 is 5.32 Å². The van der Waals surface area contributed by atoms with E-state index in [0.29, 0.717) is 16.9 Å². The quantitative estimate of drug-likeness (QED) is 0.661. The van der Waals surface area contributed by atoms with E-state index in [1.807, 2.05) is 0 Å². The van der Waals surface area contributed by atoms with Crippen molar-refractivity contribution in [3.63, 3.8) is 0 Å². The lowest BCUT2D eigenvalue weighted by molar-refractivity contribution is -0.384. The smallest absolute Gasteiger partial charge is 0.335 e. The van der Waals surface area contributed by atoms with Crippen LogP contribution in [0.4, 0.5) is 17.1 Å². The number of carbonyl (C=O) groups is 1. The molecule has 0 spiro atoms. The van der Waals surface area contributed by atoms with Crippen LogP contribution in [0.25, 0.3) is 0 Å². The Balaban J connectivity index is 2.32. The highest BCUT2D eigenvalue weighted by Gasteiger charge is 2.10. The highest BCUT2D eigenvalue weighted by molar-refractivity contribution is 5.90. The van der Waals surface area contributed by atoms with Crippen LogP contribution in [0, 0.1) is 24.0 Å². The van der Waals surface area contributed by atoms with Gasteiger partial charge in [-0.3, -0.25) is 10.1 Å². The van der Waals surface area contributed by atoms with Crippen LogP contribution in [0.1, 0.15) is 21.5 Å². The van der Waals surface area contributed by atoms with Crippen LogP contribution in [0.15, 0.2) is 36.4 Å². The number of nitro groups is 1. The number of nitrogens with one attached hydrogen (secondary N) is 1. The first-order chi connectivity index (χ1) is 9.86. The lowest BCUT2D eigenvalue weighted by Gasteiger charge is -2.09. The number of non-ortho nitro benzene ring substituents is 1. The Labute approximate surface area is 121 Å². The number of carboxylic acid groups (broad SMARTS) is 1. The number of rotatable bonds is 4. The zero-order chi connectivity index (χ0) is 15.6. The monoisotopic (exact) mass is 286 g/mol. The van der Waals surface area contributed by atoms with Crippen LogP contribution in [0.2, 0.25) is 0 Å². The van der Waals surface area contributed by atoms with Crippen LogP contribution >= 0.6 is 0 Å². The largest absolute Gasteiger partial charge is 0.478 e. The van der Waals surface area contributed by atoms with E-state index in [0.717, 1.165) is 5.56 Å². The summed E-state index contributed by atoms with van der Waals surface area (Å²) in [7, 11) is 0. The summed E-state index contributed by atoms with van der Waals surface area (Å²) in [6.07, 6.45) is 0. The van der Waals surface area contributed by atoms with Gasteiger partial charge >= 0.3 is 5.97 Å². The number of aromatic carboxylic acids is 1. The Morgan fingerprint density at radius 2 is 1.86 bits per heavy atom. The highest BCUT2D eigenvalue weighted by Crippen LogP contribution is 2.25. The van der Waals surface area contributed by atoms with Crippen molar-refractivity contribution in [3.05, 3.63) is 63.2 Å². The molecule has 2 aromatic rings. The molecule has 0 aliphatic carbocycles. The Morgan fingerprint density at radius 3 is 2.43 bits per heavy atom. The molecule has 2 rings (SSSR count). The SMILES string of the molecule is Cc1cc(Nc2ccc(C(=O)O)c(C)c2)cc([N+](=O)[O-])c1. The molecule has 108 valence electrons. The molecule has 0 radical (unpaired) electrons. The normalized spacial score (nSPS) is 10.2. The molecule has 21 heavy (non-hydrogen) atoms. The second kappa shape index (κ2) is 5.62. The van der Waals surface area contributed by atoms with Crippen molar-refractivity contribution in [1.82, 2.24) is 0 Å². The molecule has 2 N–H and O–H groups in total. The molecule has 0 fully saturated rings. The molecule has 0 aromatic heterocycles. The fraction of sp³-hybridized carbons (Fsp3) is 0.133. The van der Waals surface area contributed by atoms with Gasteiger partial charge in [-0.25, -0.2) is 4.79 Å². The Hall–Kier alpha value is -2.89. The van der Waals surface area contributed by atoms with E-state index < -0.39 is 10.9 Å². The summed E-state index contributed by atoms with van der Waals surface area (Å²) in [4.78, 5) is 21.4. The lowest BCUT2D eigenvalue weighted by Crippen LogP contribution is -2.01. The van der Waals surface area contributed by atoms with Gasteiger partial charge in [0.2, 0.25) is 0 Å². The number of carboxylic acids is 1. The first kappa shape index (κ1) is 14.5. The van der Waals surface area contributed by atoms with Crippen molar-refractivity contribution in [3.8, 4) is 0 Å². The number of benzene rings is 2. The van der Waals surface area contributed by atoms with Gasteiger partial charge in [-0.05, 0) is 49.2 Å². The Bertz CT molecular complexity index is 726. The molecule has 0 saturated heterocycles. The van der Waals surface area contributed by atoms with E-state index >= 15 is 0 Å². The third kappa shape index (κ3) is 3.36. The van der Waals surface area contributed by atoms with Crippen molar-refractivity contribution in [2.75, 3.05) is 5.32 Å². The van der Waals surface area contributed by atoms with Crippen molar-refractivity contribution >= 4 is 23.0 Å². The van der Waals surface area contributed by atoms with Crippen LogP contribution in [-0.4, -0.2) is 16.0 Å². The van der Waals surface area contributed by atoms with Crippen LogP contribution in [0.5, 0.6) is 0 Å². The van der Waals surface area contributed by atoms with Gasteiger partial charge in [0.25, 0.3) is 5.69 Å². The molecule has 0 bridgehead atoms. The van der Waals surface area contributed by atoms with E-state index in [1.165, 1.54) is 18.2 Å². The topological polar surface area (TPSA) is 92.5 Å². The minimum Gasteiger partial charge on any atom is -0.478 e. The minimum atomic E-state index is -0.981. The zero-order valence-corrected chi connectivity index (χ0v) is 11.6. The van der Waals surface area contributed by atoms with Gasteiger partial charge in [-0.1, -0.05) is 0 Å². The average molecular weight is 286 g/mol. The second-order valence-corrected chi connectivity index (χ2v) is 4.77. The van der Waals surface area contributed by atoms with Gasteiger partial charge in [-0.2, -0.15) is 0 Å². The van der Waals surface area contributed by atoms with Crippen molar-refractivity contribution in [1.29, 1.82) is 0 Å². The van der Waals surface area contributed by atoms with Crippen molar-refractivity contribution in [2.45, 2.75) is 13.8 Å². The van der Waals surface area contributed by atoms with E-state index in [1.54, 1.807) is 32.0 Å². The van der Waals surface area contributed by atoms with Crippen molar-refractivity contribution in [2.24, 2.45) is 0 Å². The number of nitro benzene ring substituents is 1. The molecule has 6 nitrogen and oxygen atoms in total. The molecule has 0 aliphatic heterocycles. The molecular weight excluding hydrogens is 272 g/mol. The van der Waals surface area contributed by atoms with E-state index in [2.05, 4.69) is 5.32 Å². The summed E-state index contributed by atoms with van der Waals surface area (Å²) in [6.45, 7) is 3.48. The standard InChI is InChI=1S/C15H14N2O4/c1-9-5-12(8-13(6-9)17(20)21)16-11-3-4-14(15(18)19)10(2)7-11/h3-8,16H,1-2H3,(H,18,19). The Morgan fingerprint density at radius 1 is 1.14 bits per heavy atom. The molecule has 0 heterocycles. The van der Waals surface area contributed by atoms with Crippen LogP contribution in [0.3, 0.4) is 0 Å². The van der Waals surface area contributed by atoms with Crippen molar-refractivity contribution < 1.29 is 14.8 Å². The summed E-state index contributed by atoms with van der Waals surface area (Å²) in [5, 5.41) is 22.9. The maximum atomic E-state index is 11.0. The Kier molecular flexibility index (Phi) is 3.89. The van der Waals surface area contributed by atoms with Crippen LogP contribution in [-0.2, 0) is 0 Å². The van der Waals surface area contributed by atoms with Gasteiger partial charge in [0, 0.05) is 23.5 Å². The average Bonchev–Trinajstić information content (AvgIpc) is 2.37. The lowest BCUT2D eigenvalue weighted by atomic mass is 10.1. The zero-order valence-electron chi connectivity index (χ0n) is 11.6. The number of anilines is 2. The number of hydrogen-bond donors (Lipinski definition) is 2. The van der Waals surface area contributed by atoms with E-state index in [9.17, 15) is 14.9 Å². The molecular formula is C15H14N2O4. The van der Waals surface area contributed by atoms with Gasteiger partial charge in [-0.15, -0.1) is 0 Å². The molecule has 6 heteroatoms. The maximum Gasteiger partial charge on any atom is 0.335 e. The fourth-order valence-electron chi connectivity index (χ4n) is 2.09. The summed E-state index contributed by atoms with van der Waals surface area (Å²) in [6, 6.07) is 9.54. The fourth-order valence-corrected chi connectivity index (χ4v) is 2.09. The summed E-state index contributed by atoms with van der Waals surface area (Å²) in [5.74, 6) is -0.981. The first-order valence-corrected chi connectivity index (χ1v) is 6.24. The molecule has 0 saturated carbocycles.